The number of nitro groups is 1. The lowest BCUT2D eigenvalue weighted by Crippen LogP contribution is -2.12. The first-order chi connectivity index (χ1) is 7.04. The second-order valence-corrected chi connectivity index (χ2v) is 3.09. The highest BCUT2D eigenvalue weighted by atomic mass is 19.1. The van der Waals surface area contributed by atoms with Crippen molar-refractivity contribution >= 4 is 11.4 Å². The molecule has 80 valence electrons. The van der Waals surface area contributed by atoms with E-state index in [1.54, 1.807) is 13.0 Å². The quantitative estimate of drug-likeness (QED) is 0.472. The van der Waals surface area contributed by atoms with E-state index in [2.05, 4.69) is 11.9 Å². The fraction of sp³-hybridized carbons (Fsp3) is 0.200. The molecule has 0 heterocycles. The largest absolute Gasteiger partial charge is 0.374 e. The van der Waals surface area contributed by atoms with Gasteiger partial charge in [0.05, 0.1) is 4.92 Å². The first kappa shape index (κ1) is 11.2. The van der Waals surface area contributed by atoms with Crippen molar-refractivity contribution in [2.24, 2.45) is 0 Å². The molecule has 4 nitrogen and oxygen atoms in total. The lowest BCUT2D eigenvalue weighted by Gasteiger charge is -2.10. The van der Waals surface area contributed by atoms with Crippen molar-refractivity contribution in [2.45, 2.75) is 13.0 Å². The van der Waals surface area contributed by atoms with Crippen molar-refractivity contribution in [3.63, 3.8) is 0 Å². The van der Waals surface area contributed by atoms with Crippen LogP contribution in [0.15, 0.2) is 30.9 Å². The van der Waals surface area contributed by atoms with Crippen LogP contribution in [-0.2, 0) is 0 Å². The van der Waals surface area contributed by atoms with Crippen LogP contribution in [0.25, 0.3) is 0 Å². The maximum absolute atomic E-state index is 12.9. The number of hydrogen-bond donors (Lipinski definition) is 1. The summed E-state index contributed by atoms with van der Waals surface area (Å²) >= 11 is 0. The molecule has 1 N–H and O–H groups in total. The molecule has 0 amide bonds. The Labute approximate surface area is 86.6 Å². The Hall–Kier alpha value is -1.91. The van der Waals surface area contributed by atoms with Gasteiger partial charge in [0, 0.05) is 18.2 Å². The second kappa shape index (κ2) is 4.54. The molecule has 0 aliphatic rings. The van der Waals surface area contributed by atoms with Gasteiger partial charge in [-0.25, -0.2) is 4.39 Å². The van der Waals surface area contributed by atoms with Gasteiger partial charge in [-0.1, -0.05) is 6.08 Å². The number of rotatable bonds is 4. The normalized spacial score (nSPS) is 11.9. The minimum atomic E-state index is -0.558. The van der Waals surface area contributed by atoms with E-state index in [4.69, 9.17) is 0 Å². The standard InChI is InChI=1S/C10H11FN2O2/c1-3-7(2)12-9-6-8(11)4-5-10(9)13(14)15/h3-7,12H,1H2,2H3. The fourth-order valence-corrected chi connectivity index (χ4v) is 1.09. The van der Waals surface area contributed by atoms with E-state index in [0.29, 0.717) is 0 Å². The summed E-state index contributed by atoms with van der Waals surface area (Å²) in [7, 11) is 0. The van der Waals surface area contributed by atoms with Crippen molar-refractivity contribution in [2.75, 3.05) is 5.32 Å². The van der Waals surface area contributed by atoms with Gasteiger partial charge in [-0.15, -0.1) is 6.58 Å². The molecule has 5 heteroatoms. The molecule has 0 saturated carbocycles. The van der Waals surface area contributed by atoms with Gasteiger partial charge in [-0.05, 0) is 13.0 Å². The zero-order valence-electron chi connectivity index (χ0n) is 8.24. The third-order valence-electron chi connectivity index (χ3n) is 1.89. The number of hydrogen-bond acceptors (Lipinski definition) is 3. The van der Waals surface area contributed by atoms with Crippen molar-refractivity contribution in [3.8, 4) is 0 Å². The van der Waals surface area contributed by atoms with Gasteiger partial charge < -0.3 is 5.32 Å². The van der Waals surface area contributed by atoms with E-state index in [0.717, 1.165) is 18.2 Å². The molecule has 0 saturated heterocycles. The summed E-state index contributed by atoms with van der Waals surface area (Å²) in [5.41, 5.74) is 0.0116. The molecule has 0 bridgehead atoms. The number of benzene rings is 1. The van der Waals surface area contributed by atoms with Gasteiger partial charge in [-0.3, -0.25) is 10.1 Å². The number of nitro benzene ring substituents is 1. The average Bonchev–Trinajstić information content (AvgIpc) is 2.17. The predicted octanol–water partition coefficient (Wildman–Crippen LogP) is 2.72. The molecule has 0 radical (unpaired) electrons. The van der Waals surface area contributed by atoms with E-state index in [1.165, 1.54) is 0 Å². The van der Waals surface area contributed by atoms with Crippen LogP contribution in [-0.4, -0.2) is 11.0 Å². The van der Waals surface area contributed by atoms with Gasteiger partial charge in [0.1, 0.15) is 11.5 Å². The van der Waals surface area contributed by atoms with Crippen LogP contribution >= 0.6 is 0 Å². The zero-order chi connectivity index (χ0) is 11.4. The van der Waals surface area contributed by atoms with Crippen molar-refractivity contribution < 1.29 is 9.31 Å². The molecular formula is C10H11FN2O2. The van der Waals surface area contributed by atoms with Crippen LogP contribution in [0.1, 0.15) is 6.92 Å². The van der Waals surface area contributed by atoms with Crippen LogP contribution in [0.4, 0.5) is 15.8 Å². The minimum absolute atomic E-state index is 0.148. The van der Waals surface area contributed by atoms with E-state index in [9.17, 15) is 14.5 Å². The smallest absolute Gasteiger partial charge is 0.292 e. The summed E-state index contributed by atoms with van der Waals surface area (Å²) in [6.45, 7) is 5.29. The molecular weight excluding hydrogens is 199 g/mol. The van der Waals surface area contributed by atoms with Crippen molar-refractivity contribution in [1.29, 1.82) is 0 Å². The van der Waals surface area contributed by atoms with Crippen LogP contribution in [0.3, 0.4) is 0 Å². The predicted molar refractivity (Wildman–Crippen MR) is 56.3 cm³/mol. The Morgan fingerprint density at radius 2 is 2.33 bits per heavy atom. The first-order valence-corrected chi connectivity index (χ1v) is 4.37. The maximum Gasteiger partial charge on any atom is 0.292 e. The Morgan fingerprint density at radius 1 is 1.67 bits per heavy atom. The molecule has 1 rings (SSSR count). The topological polar surface area (TPSA) is 55.2 Å². The lowest BCUT2D eigenvalue weighted by atomic mass is 10.2. The molecule has 0 aromatic heterocycles. The highest BCUT2D eigenvalue weighted by Crippen LogP contribution is 2.25. The van der Waals surface area contributed by atoms with E-state index in [1.807, 2.05) is 0 Å². The molecule has 0 spiro atoms. The Bertz CT molecular complexity index is 393. The summed E-state index contributed by atoms with van der Waals surface area (Å²) in [6, 6.07) is 3.12. The highest BCUT2D eigenvalue weighted by molar-refractivity contribution is 5.62. The van der Waals surface area contributed by atoms with Gasteiger partial charge in [0.15, 0.2) is 0 Å². The van der Waals surface area contributed by atoms with Crippen LogP contribution in [0.5, 0.6) is 0 Å². The van der Waals surface area contributed by atoms with E-state index < -0.39 is 10.7 Å². The monoisotopic (exact) mass is 210 g/mol. The summed E-state index contributed by atoms with van der Waals surface area (Å²) in [4.78, 5) is 10.1. The number of nitrogens with zero attached hydrogens (tertiary/aromatic N) is 1. The lowest BCUT2D eigenvalue weighted by molar-refractivity contribution is -0.384. The maximum atomic E-state index is 12.9. The molecule has 0 aliphatic heterocycles. The minimum Gasteiger partial charge on any atom is -0.374 e. The summed E-state index contributed by atoms with van der Waals surface area (Å²) in [5, 5.41) is 13.4. The Balaban J connectivity index is 3.07. The number of nitrogens with one attached hydrogen (secondary N) is 1. The summed E-state index contributed by atoms with van der Waals surface area (Å²) in [5.74, 6) is -0.514. The van der Waals surface area contributed by atoms with Crippen molar-refractivity contribution in [3.05, 3.63) is 46.8 Å². The second-order valence-electron chi connectivity index (χ2n) is 3.09. The fourth-order valence-electron chi connectivity index (χ4n) is 1.09. The number of halogens is 1. The first-order valence-electron chi connectivity index (χ1n) is 4.37. The molecule has 0 fully saturated rings. The van der Waals surface area contributed by atoms with Crippen LogP contribution in [0, 0.1) is 15.9 Å². The van der Waals surface area contributed by atoms with Gasteiger partial charge >= 0.3 is 0 Å². The highest BCUT2D eigenvalue weighted by Gasteiger charge is 2.14. The van der Waals surface area contributed by atoms with Crippen LogP contribution in [0.2, 0.25) is 0 Å². The third kappa shape index (κ3) is 2.77. The van der Waals surface area contributed by atoms with E-state index in [-0.39, 0.29) is 17.4 Å². The van der Waals surface area contributed by atoms with Crippen LogP contribution < -0.4 is 5.32 Å². The van der Waals surface area contributed by atoms with Gasteiger partial charge in [0.25, 0.3) is 5.69 Å². The van der Waals surface area contributed by atoms with E-state index >= 15 is 0 Å². The Morgan fingerprint density at radius 3 is 2.87 bits per heavy atom. The Kier molecular flexibility index (Phi) is 3.38. The zero-order valence-corrected chi connectivity index (χ0v) is 8.24. The summed E-state index contributed by atoms with van der Waals surface area (Å²) < 4.78 is 12.9. The number of anilines is 1. The van der Waals surface area contributed by atoms with Gasteiger partial charge in [0.2, 0.25) is 0 Å². The molecule has 1 aromatic carbocycles. The van der Waals surface area contributed by atoms with Gasteiger partial charge in [-0.2, -0.15) is 0 Å². The molecule has 0 aliphatic carbocycles. The third-order valence-corrected chi connectivity index (χ3v) is 1.89. The SMILES string of the molecule is C=CC(C)Nc1cc(F)ccc1[N+](=O)[O-]. The van der Waals surface area contributed by atoms with Crippen molar-refractivity contribution in [1.82, 2.24) is 0 Å². The summed E-state index contributed by atoms with van der Waals surface area (Å²) in [6.07, 6.45) is 1.58. The molecule has 1 unspecified atom stereocenters. The average molecular weight is 210 g/mol. The molecule has 1 atom stereocenters. The molecule has 1 aromatic rings. The molecule has 15 heavy (non-hydrogen) atoms.